The van der Waals surface area contributed by atoms with Crippen LogP contribution in [-0.2, 0) is 23.4 Å². The van der Waals surface area contributed by atoms with Crippen molar-refractivity contribution in [3.8, 4) is 6.07 Å². The fourth-order valence-electron chi connectivity index (χ4n) is 3.87. The molecule has 1 saturated heterocycles. The smallest absolute Gasteiger partial charge is 0.222 e. The molecule has 0 unspecified atom stereocenters. The first kappa shape index (κ1) is 22.4. The molecule has 160 valence electrons. The third-order valence-electron chi connectivity index (χ3n) is 5.73. The van der Waals surface area contributed by atoms with Gasteiger partial charge in [0.15, 0.2) is 0 Å². The Labute approximate surface area is 175 Å². The molecular formula is C23H27NO6. The molecule has 2 aromatic rings. The van der Waals surface area contributed by atoms with Crippen molar-refractivity contribution < 1.29 is 30.3 Å². The summed E-state index contributed by atoms with van der Waals surface area (Å²) in [5.74, 6) is -2.36. The Hall–Kier alpha value is -2.31. The number of rotatable bonds is 5. The summed E-state index contributed by atoms with van der Waals surface area (Å²) in [6.45, 7) is 3.12. The number of benzene rings is 2. The third-order valence-corrected chi connectivity index (χ3v) is 5.73. The first-order chi connectivity index (χ1) is 14.2. The molecule has 0 aromatic heterocycles. The van der Waals surface area contributed by atoms with Crippen molar-refractivity contribution in [2.45, 2.75) is 56.9 Å². The molecule has 1 aliphatic heterocycles. The molecule has 3 rings (SSSR count). The molecule has 0 saturated carbocycles. The number of aliphatic hydroxyl groups is 5. The van der Waals surface area contributed by atoms with E-state index in [0.29, 0.717) is 23.1 Å². The van der Waals surface area contributed by atoms with Gasteiger partial charge < -0.3 is 30.3 Å². The summed E-state index contributed by atoms with van der Waals surface area (Å²) in [4.78, 5) is 0. The molecule has 5 atom stereocenters. The maximum absolute atomic E-state index is 11.1. The molecule has 30 heavy (non-hydrogen) atoms. The first-order valence-corrected chi connectivity index (χ1v) is 9.92. The zero-order valence-electron chi connectivity index (χ0n) is 17.0. The molecular weight excluding hydrogens is 386 g/mol. The van der Waals surface area contributed by atoms with Crippen molar-refractivity contribution in [2.75, 3.05) is 6.61 Å². The number of hydrogen-bond donors (Lipinski definition) is 5. The molecule has 0 amide bonds. The summed E-state index contributed by atoms with van der Waals surface area (Å²) in [6, 6.07) is 13.2. The third kappa shape index (κ3) is 3.98. The van der Waals surface area contributed by atoms with Crippen LogP contribution in [0.4, 0.5) is 0 Å². The molecule has 7 nitrogen and oxygen atoms in total. The summed E-state index contributed by atoms with van der Waals surface area (Å²) in [7, 11) is 0. The minimum atomic E-state index is -2.36. The van der Waals surface area contributed by atoms with Crippen LogP contribution in [0.1, 0.15) is 40.3 Å². The summed E-state index contributed by atoms with van der Waals surface area (Å²) < 4.78 is 5.43. The second-order valence-corrected chi connectivity index (χ2v) is 7.75. The van der Waals surface area contributed by atoms with E-state index in [2.05, 4.69) is 13.0 Å². The molecule has 7 heteroatoms. The lowest BCUT2D eigenvalue weighted by atomic mass is 9.85. The van der Waals surface area contributed by atoms with E-state index >= 15 is 0 Å². The normalized spacial score (nSPS) is 28.9. The standard InChI is InChI=1S/C23H27NO6/c1-3-14-4-6-15(7-5-14)9-16-10-17(8-13(2)18(16)11-24)23(29)22(28)21(27)20(26)19(12-25)30-23/h4-8,10,19-22,25-29H,3,9,12H2,1-2H3/t19-,20-,21+,22-,23-/m1/s1. The van der Waals surface area contributed by atoms with Crippen molar-refractivity contribution in [3.05, 3.63) is 69.8 Å². The van der Waals surface area contributed by atoms with Gasteiger partial charge in [0.25, 0.3) is 0 Å². The van der Waals surface area contributed by atoms with Crippen molar-refractivity contribution in [1.29, 1.82) is 5.26 Å². The van der Waals surface area contributed by atoms with E-state index in [1.165, 1.54) is 11.6 Å². The highest BCUT2D eigenvalue weighted by Crippen LogP contribution is 2.38. The minimum Gasteiger partial charge on any atom is -0.394 e. The van der Waals surface area contributed by atoms with Crippen LogP contribution >= 0.6 is 0 Å². The van der Waals surface area contributed by atoms with Gasteiger partial charge in [0.1, 0.15) is 24.4 Å². The Bertz CT molecular complexity index is 936. The zero-order valence-corrected chi connectivity index (χ0v) is 17.0. The number of nitriles is 1. The van der Waals surface area contributed by atoms with Crippen LogP contribution in [0.2, 0.25) is 0 Å². The average Bonchev–Trinajstić information content (AvgIpc) is 2.75. The van der Waals surface area contributed by atoms with Crippen LogP contribution in [0.15, 0.2) is 36.4 Å². The van der Waals surface area contributed by atoms with Gasteiger partial charge in [-0.15, -0.1) is 0 Å². The molecule has 0 aliphatic carbocycles. The van der Waals surface area contributed by atoms with Crippen molar-refractivity contribution in [2.24, 2.45) is 0 Å². The van der Waals surface area contributed by atoms with E-state index in [4.69, 9.17) is 4.74 Å². The number of ether oxygens (including phenoxy) is 1. The van der Waals surface area contributed by atoms with Gasteiger partial charge in [-0.2, -0.15) is 5.26 Å². The Balaban J connectivity index is 2.04. The average molecular weight is 413 g/mol. The Kier molecular flexibility index (Phi) is 6.58. The lowest BCUT2D eigenvalue weighted by molar-refractivity contribution is -0.357. The Morgan fingerprint density at radius 1 is 1.07 bits per heavy atom. The number of hydrogen-bond acceptors (Lipinski definition) is 7. The van der Waals surface area contributed by atoms with Gasteiger partial charge in [0.2, 0.25) is 5.79 Å². The van der Waals surface area contributed by atoms with Crippen molar-refractivity contribution in [3.63, 3.8) is 0 Å². The molecule has 5 N–H and O–H groups in total. The maximum Gasteiger partial charge on any atom is 0.222 e. The van der Waals surface area contributed by atoms with E-state index < -0.39 is 36.8 Å². The maximum atomic E-state index is 11.1. The van der Waals surface area contributed by atoms with Crippen molar-refractivity contribution in [1.82, 2.24) is 0 Å². The van der Waals surface area contributed by atoms with Gasteiger partial charge in [0, 0.05) is 5.56 Å². The largest absolute Gasteiger partial charge is 0.394 e. The Morgan fingerprint density at radius 2 is 1.70 bits per heavy atom. The quantitative estimate of drug-likeness (QED) is 0.486. The second-order valence-electron chi connectivity index (χ2n) is 7.75. The van der Waals surface area contributed by atoms with Crippen LogP contribution in [-0.4, -0.2) is 56.6 Å². The van der Waals surface area contributed by atoms with E-state index in [1.54, 1.807) is 13.0 Å². The highest BCUT2D eigenvalue weighted by Gasteiger charge is 2.53. The van der Waals surface area contributed by atoms with Crippen LogP contribution in [0.5, 0.6) is 0 Å². The lowest BCUT2D eigenvalue weighted by Gasteiger charge is -2.45. The molecule has 0 radical (unpaired) electrons. The summed E-state index contributed by atoms with van der Waals surface area (Å²) in [5.41, 5.74) is 3.95. The van der Waals surface area contributed by atoms with Gasteiger partial charge in [-0.1, -0.05) is 31.2 Å². The monoisotopic (exact) mass is 413 g/mol. The van der Waals surface area contributed by atoms with E-state index in [0.717, 1.165) is 12.0 Å². The SMILES string of the molecule is CCc1ccc(Cc2cc([C@@]3(O)O[C@H](CO)[C@@H](O)[C@H](O)[C@H]3O)cc(C)c2C#N)cc1. The predicted molar refractivity (Wildman–Crippen MR) is 108 cm³/mol. The van der Waals surface area contributed by atoms with E-state index in [-0.39, 0.29) is 5.56 Å². The number of nitrogens with zero attached hydrogens (tertiary/aromatic N) is 1. The highest BCUT2D eigenvalue weighted by molar-refractivity contribution is 5.49. The number of aliphatic hydroxyl groups excluding tert-OH is 4. The van der Waals surface area contributed by atoms with Crippen LogP contribution in [0.25, 0.3) is 0 Å². The van der Waals surface area contributed by atoms with Crippen LogP contribution in [0.3, 0.4) is 0 Å². The summed E-state index contributed by atoms with van der Waals surface area (Å²) in [5, 5.41) is 60.8. The fraction of sp³-hybridized carbons (Fsp3) is 0.435. The van der Waals surface area contributed by atoms with Gasteiger partial charge >= 0.3 is 0 Å². The predicted octanol–water partition coefficient (Wildman–Crippen LogP) is 0.639. The molecule has 0 bridgehead atoms. The molecule has 2 aromatic carbocycles. The summed E-state index contributed by atoms with van der Waals surface area (Å²) in [6.07, 6.45) is -5.07. The first-order valence-electron chi connectivity index (χ1n) is 9.92. The van der Waals surface area contributed by atoms with E-state index in [9.17, 15) is 30.8 Å². The van der Waals surface area contributed by atoms with Crippen LogP contribution in [0, 0.1) is 18.3 Å². The molecule has 1 fully saturated rings. The molecule has 1 heterocycles. The second kappa shape index (κ2) is 8.82. The summed E-state index contributed by atoms with van der Waals surface area (Å²) >= 11 is 0. The zero-order chi connectivity index (χ0) is 22.1. The molecule has 0 spiro atoms. The molecule has 1 aliphatic rings. The van der Waals surface area contributed by atoms with Crippen molar-refractivity contribution >= 4 is 0 Å². The van der Waals surface area contributed by atoms with Gasteiger partial charge in [-0.3, -0.25) is 0 Å². The van der Waals surface area contributed by atoms with Gasteiger partial charge in [-0.05, 0) is 54.2 Å². The minimum absolute atomic E-state index is 0.135. The van der Waals surface area contributed by atoms with Crippen LogP contribution < -0.4 is 0 Å². The fourth-order valence-corrected chi connectivity index (χ4v) is 3.87. The van der Waals surface area contributed by atoms with E-state index in [1.807, 2.05) is 24.3 Å². The lowest BCUT2D eigenvalue weighted by Crippen LogP contribution is -2.63. The highest BCUT2D eigenvalue weighted by atomic mass is 16.7. The van der Waals surface area contributed by atoms with Gasteiger partial charge in [0.05, 0.1) is 18.2 Å². The van der Waals surface area contributed by atoms with Gasteiger partial charge in [-0.25, -0.2) is 0 Å². The Morgan fingerprint density at radius 3 is 2.27 bits per heavy atom. The number of aryl methyl sites for hydroxylation is 2. The topological polar surface area (TPSA) is 134 Å².